The van der Waals surface area contributed by atoms with Gasteiger partial charge in [0.2, 0.25) is 0 Å². The first-order valence-corrected chi connectivity index (χ1v) is 5.09. The molecule has 0 aromatic rings. The van der Waals surface area contributed by atoms with Crippen LogP contribution < -0.4 is 0 Å². The zero-order chi connectivity index (χ0) is 9.61. The third-order valence-electron chi connectivity index (χ3n) is 1.36. The lowest BCUT2D eigenvalue weighted by Crippen LogP contribution is -2.12. The fourth-order valence-electron chi connectivity index (χ4n) is 0.814. The summed E-state index contributed by atoms with van der Waals surface area (Å²) in [6.07, 6.45) is -3.40. The van der Waals surface area contributed by atoms with E-state index in [4.69, 9.17) is 5.11 Å². The Morgan fingerprint density at radius 2 is 2.00 bits per heavy atom. The molecule has 12 heavy (non-hydrogen) atoms. The summed E-state index contributed by atoms with van der Waals surface area (Å²) in [5.41, 5.74) is 0. The lowest BCUT2D eigenvalue weighted by molar-refractivity contribution is -0.136. The maximum absolute atomic E-state index is 11.6. The highest BCUT2D eigenvalue weighted by Gasteiger charge is 2.26. The van der Waals surface area contributed by atoms with Crippen molar-refractivity contribution in [3.8, 4) is 0 Å². The number of aliphatic hydroxyl groups excluding tert-OH is 1. The minimum Gasteiger partial charge on any atom is -0.392 e. The molecular formula is C7H13F3OS. The van der Waals surface area contributed by atoms with Gasteiger partial charge in [-0.15, -0.1) is 0 Å². The molecule has 0 spiro atoms. The van der Waals surface area contributed by atoms with Gasteiger partial charge in [-0.05, 0) is 19.1 Å². The highest BCUT2D eigenvalue weighted by atomic mass is 32.2. The smallest absolute Gasteiger partial charge is 0.389 e. The van der Waals surface area contributed by atoms with Gasteiger partial charge in [-0.25, -0.2) is 0 Å². The van der Waals surface area contributed by atoms with E-state index in [1.807, 2.05) is 6.26 Å². The Bertz CT molecular complexity index is 116. The molecule has 0 radical (unpaired) electrons. The van der Waals surface area contributed by atoms with Crippen LogP contribution in [0.2, 0.25) is 0 Å². The lowest BCUT2D eigenvalue weighted by Gasteiger charge is -2.09. The zero-order valence-electron chi connectivity index (χ0n) is 6.90. The Balaban J connectivity index is 3.31. The molecule has 0 saturated carbocycles. The monoisotopic (exact) mass is 202 g/mol. The van der Waals surface area contributed by atoms with Crippen LogP contribution in [-0.4, -0.2) is 29.4 Å². The predicted molar refractivity (Wildman–Crippen MR) is 44.3 cm³/mol. The van der Waals surface area contributed by atoms with E-state index >= 15 is 0 Å². The summed E-state index contributed by atoms with van der Waals surface area (Å²) in [5, 5.41) is 9.06. The van der Waals surface area contributed by atoms with E-state index in [0.717, 1.165) is 0 Å². The molecule has 0 rings (SSSR count). The van der Waals surface area contributed by atoms with Crippen LogP contribution in [0.15, 0.2) is 0 Å². The number of thioether (sulfide) groups is 1. The summed E-state index contributed by atoms with van der Waals surface area (Å²) < 4.78 is 34.8. The third kappa shape index (κ3) is 8.20. The van der Waals surface area contributed by atoms with E-state index in [1.54, 1.807) is 0 Å². The number of rotatable bonds is 5. The average Bonchev–Trinajstić information content (AvgIpc) is 1.84. The van der Waals surface area contributed by atoms with Gasteiger partial charge in [0.25, 0.3) is 0 Å². The van der Waals surface area contributed by atoms with Crippen molar-refractivity contribution < 1.29 is 18.3 Å². The van der Waals surface area contributed by atoms with Crippen LogP contribution in [0, 0.1) is 0 Å². The van der Waals surface area contributed by atoms with Crippen LogP contribution in [0.1, 0.15) is 19.3 Å². The van der Waals surface area contributed by atoms with E-state index < -0.39 is 18.7 Å². The molecule has 1 nitrogen and oxygen atoms in total. The standard InChI is InChI=1S/C7H13F3OS/c1-12-5-6(11)3-2-4-7(8,9)10/h6,11H,2-5H2,1H3. The van der Waals surface area contributed by atoms with Crippen LogP contribution in [0.3, 0.4) is 0 Å². The molecule has 5 heteroatoms. The molecule has 1 atom stereocenters. The molecule has 74 valence electrons. The number of alkyl halides is 3. The van der Waals surface area contributed by atoms with Gasteiger partial charge in [-0.3, -0.25) is 0 Å². The van der Waals surface area contributed by atoms with Gasteiger partial charge in [-0.2, -0.15) is 24.9 Å². The van der Waals surface area contributed by atoms with Crippen molar-refractivity contribution in [3.05, 3.63) is 0 Å². The minimum absolute atomic E-state index is 0.0191. The number of halogens is 3. The number of hydrogen-bond acceptors (Lipinski definition) is 2. The Morgan fingerprint density at radius 1 is 1.42 bits per heavy atom. The molecule has 0 aromatic heterocycles. The first kappa shape index (κ1) is 12.1. The van der Waals surface area contributed by atoms with Crippen LogP contribution in [0.25, 0.3) is 0 Å². The summed E-state index contributed by atoms with van der Waals surface area (Å²) in [4.78, 5) is 0. The molecule has 1 N–H and O–H groups in total. The highest BCUT2D eigenvalue weighted by molar-refractivity contribution is 7.98. The van der Waals surface area contributed by atoms with Gasteiger partial charge in [-0.1, -0.05) is 0 Å². The van der Waals surface area contributed by atoms with Crippen molar-refractivity contribution in [2.24, 2.45) is 0 Å². The number of hydrogen-bond donors (Lipinski definition) is 1. The second kappa shape index (κ2) is 5.70. The molecule has 0 bridgehead atoms. The predicted octanol–water partition coefficient (Wildman–Crippen LogP) is 2.44. The van der Waals surface area contributed by atoms with Gasteiger partial charge in [0.15, 0.2) is 0 Å². The maximum atomic E-state index is 11.6. The quantitative estimate of drug-likeness (QED) is 0.739. The van der Waals surface area contributed by atoms with Crippen molar-refractivity contribution in [1.29, 1.82) is 0 Å². The minimum atomic E-state index is -4.08. The summed E-state index contributed by atoms with van der Waals surface area (Å²) in [6, 6.07) is 0. The lowest BCUT2D eigenvalue weighted by atomic mass is 10.2. The SMILES string of the molecule is CSCC(O)CCCC(F)(F)F. The van der Waals surface area contributed by atoms with E-state index in [9.17, 15) is 13.2 Å². The molecule has 0 heterocycles. The van der Waals surface area contributed by atoms with E-state index in [0.29, 0.717) is 5.75 Å². The fraction of sp³-hybridized carbons (Fsp3) is 1.00. The van der Waals surface area contributed by atoms with Crippen molar-refractivity contribution in [2.45, 2.75) is 31.5 Å². The van der Waals surface area contributed by atoms with Gasteiger partial charge in [0.05, 0.1) is 6.10 Å². The molecule has 0 fully saturated rings. The molecule has 0 aliphatic heterocycles. The van der Waals surface area contributed by atoms with Gasteiger partial charge >= 0.3 is 6.18 Å². The van der Waals surface area contributed by atoms with Crippen molar-refractivity contribution in [3.63, 3.8) is 0 Å². The largest absolute Gasteiger partial charge is 0.392 e. The topological polar surface area (TPSA) is 20.2 Å². The summed E-state index contributed by atoms with van der Waals surface area (Å²) in [5.74, 6) is 0.512. The normalized spacial score (nSPS) is 14.8. The third-order valence-corrected chi connectivity index (χ3v) is 2.07. The van der Waals surface area contributed by atoms with Crippen LogP contribution in [0.5, 0.6) is 0 Å². The molecule has 0 saturated heterocycles. The second-order valence-electron chi connectivity index (χ2n) is 2.62. The van der Waals surface area contributed by atoms with Crippen molar-refractivity contribution >= 4 is 11.8 Å². The summed E-state index contributed by atoms with van der Waals surface area (Å²) >= 11 is 1.44. The Hall–Kier alpha value is 0.100. The summed E-state index contributed by atoms with van der Waals surface area (Å²) in [7, 11) is 0. The van der Waals surface area contributed by atoms with E-state index in [-0.39, 0.29) is 12.8 Å². The summed E-state index contributed by atoms with van der Waals surface area (Å²) in [6.45, 7) is 0. The van der Waals surface area contributed by atoms with E-state index in [2.05, 4.69) is 0 Å². The molecular weight excluding hydrogens is 189 g/mol. The highest BCUT2D eigenvalue weighted by Crippen LogP contribution is 2.22. The van der Waals surface area contributed by atoms with E-state index in [1.165, 1.54) is 11.8 Å². The van der Waals surface area contributed by atoms with Crippen LogP contribution in [0.4, 0.5) is 13.2 Å². The maximum Gasteiger partial charge on any atom is 0.389 e. The van der Waals surface area contributed by atoms with Gasteiger partial charge < -0.3 is 5.11 Å². The first-order valence-electron chi connectivity index (χ1n) is 3.69. The molecule has 1 unspecified atom stereocenters. The molecule has 0 aromatic carbocycles. The Labute approximate surface area is 74.3 Å². The average molecular weight is 202 g/mol. The first-order chi connectivity index (χ1) is 5.45. The molecule has 0 amide bonds. The van der Waals surface area contributed by atoms with Gasteiger partial charge in [0, 0.05) is 12.2 Å². The van der Waals surface area contributed by atoms with Crippen molar-refractivity contribution in [1.82, 2.24) is 0 Å². The zero-order valence-corrected chi connectivity index (χ0v) is 7.71. The van der Waals surface area contributed by atoms with Crippen molar-refractivity contribution in [2.75, 3.05) is 12.0 Å². The number of aliphatic hydroxyl groups is 1. The van der Waals surface area contributed by atoms with Gasteiger partial charge in [0.1, 0.15) is 0 Å². The van der Waals surface area contributed by atoms with Crippen LogP contribution in [-0.2, 0) is 0 Å². The molecule has 0 aliphatic carbocycles. The fourth-order valence-corrected chi connectivity index (χ4v) is 1.37. The second-order valence-corrected chi connectivity index (χ2v) is 3.53. The molecule has 0 aliphatic rings. The van der Waals surface area contributed by atoms with Crippen LogP contribution >= 0.6 is 11.8 Å². The Kier molecular flexibility index (Phi) is 5.74. The Morgan fingerprint density at radius 3 is 2.42 bits per heavy atom.